The zero-order valence-electron chi connectivity index (χ0n) is 11.9. The predicted molar refractivity (Wildman–Crippen MR) is 77.6 cm³/mol. The molecule has 1 aromatic carbocycles. The zero-order chi connectivity index (χ0) is 15.4. The average molecular weight is 291 g/mol. The summed E-state index contributed by atoms with van der Waals surface area (Å²) in [5, 5.41) is 14.6. The van der Waals surface area contributed by atoms with Gasteiger partial charge in [-0.2, -0.15) is 0 Å². The number of amidine groups is 1. The number of nitrogens with one attached hydrogen (secondary N) is 1. The number of halogens is 1. The number of aryl methyl sites for hydroxylation is 1. The Labute approximate surface area is 122 Å². The van der Waals surface area contributed by atoms with Crippen LogP contribution in [0.15, 0.2) is 39.9 Å². The van der Waals surface area contributed by atoms with Crippen LogP contribution < -0.4 is 11.1 Å². The molecular formula is C15H18FN3O2. The number of hydrogen-bond donors (Lipinski definition) is 3. The molecule has 0 aliphatic heterocycles. The van der Waals surface area contributed by atoms with E-state index in [1.165, 1.54) is 6.07 Å². The minimum Gasteiger partial charge on any atom is -0.465 e. The van der Waals surface area contributed by atoms with Crippen LogP contribution in [0.3, 0.4) is 0 Å². The van der Waals surface area contributed by atoms with E-state index in [0.29, 0.717) is 17.7 Å². The van der Waals surface area contributed by atoms with E-state index in [-0.39, 0.29) is 11.9 Å². The lowest BCUT2D eigenvalue weighted by atomic mass is 10.1. The first-order valence-electron chi connectivity index (χ1n) is 6.57. The largest absolute Gasteiger partial charge is 0.465 e. The summed E-state index contributed by atoms with van der Waals surface area (Å²) in [5.74, 6) is 1.12. The Balaban J connectivity index is 2.03. The van der Waals surface area contributed by atoms with Crippen molar-refractivity contribution in [2.75, 3.05) is 0 Å². The van der Waals surface area contributed by atoms with Crippen molar-refractivity contribution in [3.63, 3.8) is 0 Å². The molecule has 0 bridgehead atoms. The van der Waals surface area contributed by atoms with Gasteiger partial charge in [0, 0.05) is 17.7 Å². The summed E-state index contributed by atoms with van der Waals surface area (Å²) in [5.41, 5.74) is 6.26. The van der Waals surface area contributed by atoms with Crippen molar-refractivity contribution in [2.24, 2.45) is 10.9 Å². The van der Waals surface area contributed by atoms with Gasteiger partial charge in [-0.3, -0.25) is 0 Å². The van der Waals surface area contributed by atoms with Crippen LogP contribution in [0, 0.1) is 12.7 Å². The molecule has 2 aromatic rings. The number of benzene rings is 1. The van der Waals surface area contributed by atoms with Gasteiger partial charge in [-0.25, -0.2) is 4.39 Å². The first kappa shape index (κ1) is 15.1. The molecule has 1 heterocycles. The fourth-order valence-electron chi connectivity index (χ4n) is 1.96. The lowest BCUT2D eigenvalue weighted by molar-refractivity contribution is 0.318. The highest BCUT2D eigenvalue weighted by Gasteiger charge is 2.11. The summed E-state index contributed by atoms with van der Waals surface area (Å²) in [6.45, 7) is 4.17. The third-order valence-corrected chi connectivity index (χ3v) is 3.24. The second-order valence-electron chi connectivity index (χ2n) is 4.84. The monoisotopic (exact) mass is 291 g/mol. The molecule has 0 radical (unpaired) electrons. The quantitative estimate of drug-likeness (QED) is 0.342. The van der Waals surface area contributed by atoms with Crippen LogP contribution in [-0.2, 0) is 6.54 Å². The molecule has 6 heteroatoms. The number of nitrogens with two attached hydrogens (primary N) is 1. The summed E-state index contributed by atoms with van der Waals surface area (Å²) in [6.07, 6.45) is 0. The molecule has 112 valence electrons. The van der Waals surface area contributed by atoms with Crippen LogP contribution in [0.5, 0.6) is 0 Å². The smallest absolute Gasteiger partial charge is 0.170 e. The molecule has 1 aromatic heterocycles. The van der Waals surface area contributed by atoms with Crippen molar-refractivity contribution >= 4 is 5.84 Å². The van der Waals surface area contributed by atoms with E-state index < -0.39 is 5.82 Å². The first-order chi connectivity index (χ1) is 10.0. The Morgan fingerprint density at radius 1 is 1.43 bits per heavy atom. The van der Waals surface area contributed by atoms with Gasteiger partial charge in [-0.15, -0.1) is 0 Å². The number of furan rings is 1. The SMILES string of the molecule is Cc1ccc(C(C)NCc2ccc(C(N)=NO)cc2F)o1. The summed E-state index contributed by atoms with van der Waals surface area (Å²) >= 11 is 0. The van der Waals surface area contributed by atoms with Crippen molar-refractivity contribution in [2.45, 2.75) is 26.4 Å². The number of rotatable bonds is 5. The highest BCUT2D eigenvalue weighted by Crippen LogP contribution is 2.17. The van der Waals surface area contributed by atoms with E-state index in [2.05, 4.69) is 10.5 Å². The molecule has 0 fully saturated rings. The first-order valence-corrected chi connectivity index (χ1v) is 6.57. The number of hydrogen-bond acceptors (Lipinski definition) is 4. The molecular weight excluding hydrogens is 273 g/mol. The van der Waals surface area contributed by atoms with Gasteiger partial charge in [0.1, 0.15) is 17.3 Å². The molecule has 0 saturated carbocycles. The molecule has 1 atom stereocenters. The van der Waals surface area contributed by atoms with Gasteiger partial charge >= 0.3 is 0 Å². The summed E-state index contributed by atoms with van der Waals surface area (Å²) < 4.78 is 19.5. The van der Waals surface area contributed by atoms with E-state index in [9.17, 15) is 4.39 Å². The molecule has 2 rings (SSSR count). The fourth-order valence-corrected chi connectivity index (χ4v) is 1.96. The van der Waals surface area contributed by atoms with Gasteiger partial charge in [0.2, 0.25) is 0 Å². The topological polar surface area (TPSA) is 83.8 Å². The van der Waals surface area contributed by atoms with Gasteiger partial charge in [0.05, 0.1) is 6.04 Å². The minimum atomic E-state index is -0.408. The maximum Gasteiger partial charge on any atom is 0.170 e. The second kappa shape index (κ2) is 6.41. The fraction of sp³-hybridized carbons (Fsp3) is 0.267. The lowest BCUT2D eigenvalue weighted by Gasteiger charge is -2.12. The highest BCUT2D eigenvalue weighted by molar-refractivity contribution is 5.97. The van der Waals surface area contributed by atoms with Gasteiger partial charge in [-0.1, -0.05) is 17.3 Å². The number of nitrogens with zero attached hydrogens (tertiary/aromatic N) is 1. The Bertz CT molecular complexity index is 652. The van der Waals surface area contributed by atoms with Crippen molar-refractivity contribution in [3.8, 4) is 0 Å². The van der Waals surface area contributed by atoms with Crippen LogP contribution in [-0.4, -0.2) is 11.0 Å². The molecule has 0 aliphatic carbocycles. The van der Waals surface area contributed by atoms with E-state index in [1.54, 1.807) is 12.1 Å². The van der Waals surface area contributed by atoms with Crippen LogP contribution >= 0.6 is 0 Å². The van der Waals surface area contributed by atoms with Crippen molar-refractivity contribution in [1.29, 1.82) is 0 Å². The van der Waals surface area contributed by atoms with Crippen LogP contribution in [0.4, 0.5) is 4.39 Å². The van der Waals surface area contributed by atoms with Crippen LogP contribution in [0.1, 0.15) is 35.6 Å². The standard InChI is InChI=1S/C15H18FN3O2/c1-9-3-6-14(21-9)10(2)18-8-12-5-4-11(7-13(12)16)15(17)19-20/h3-7,10,18,20H,8H2,1-2H3,(H2,17,19). The molecule has 0 saturated heterocycles. The summed E-state index contributed by atoms with van der Waals surface area (Å²) in [6, 6.07) is 8.22. The molecule has 0 amide bonds. The van der Waals surface area contributed by atoms with Gasteiger partial charge in [-0.05, 0) is 32.0 Å². The second-order valence-corrected chi connectivity index (χ2v) is 4.84. The Morgan fingerprint density at radius 2 is 2.19 bits per heavy atom. The van der Waals surface area contributed by atoms with E-state index >= 15 is 0 Å². The van der Waals surface area contributed by atoms with Gasteiger partial charge in [0.25, 0.3) is 0 Å². The van der Waals surface area contributed by atoms with Crippen LogP contribution in [0.25, 0.3) is 0 Å². The highest BCUT2D eigenvalue weighted by atomic mass is 19.1. The third kappa shape index (κ3) is 3.61. The molecule has 4 N–H and O–H groups in total. The van der Waals surface area contributed by atoms with Crippen molar-refractivity contribution < 1.29 is 14.0 Å². The Morgan fingerprint density at radius 3 is 2.76 bits per heavy atom. The van der Waals surface area contributed by atoms with Crippen LogP contribution in [0.2, 0.25) is 0 Å². The zero-order valence-corrected chi connectivity index (χ0v) is 11.9. The molecule has 1 unspecified atom stereocenters. The van der Waals surface area contributed by atoms with Gasteiger partial charge < -0.3 is 20.7 Å². The summed E-state index contributed by atoms with van der Waals surface area (Å²) in [4.78, 5) is 0. The maximum atomic E-state index is 13.9. The molecule has 0 spiro atoms. The van der Waals surface area contributed by atoms with Gasteiger partial charge in [0.15, 0.2) is 5.84 Å². The third-order valence-electron chi connectivity index (χ3n) is 3.24. The van der Waals surface area contributed by atoms with E-state index in [0.717, 1.165) is 11.5 Å². The Hall–Kier alpha value is -2.34. The average Bonchev–Trinajstić information content (AvgIpc) is 2.91. The predicted octanol–water partition coefficient (Wildman–Crippen LogP) is 2.67. The molecule has 21 heavy (non-hydrogen) atoms. The number of oxime groups is 1. The van der Waals surface area contributed by atoms with Crippen molar-refractivity contribution in [1.82, 2.24) is 5.32 Å². The normalized spacial score (nSPS) is 13.4. The molecule has 0 aliphatic rings. The summed E-state index contributed by atoms with van der Waals surface area (Å²) in [7, 11) is 0. The van der Waals surface area contributed by atoms with Crippen molar-refractivity contribution in [3.05, 3.63) is 58.8 Å². The minimum absolute atomic E-state index is 0.0261. The van der Waals surface area contributed by atoms with E-state index in [4.69, 9.17) is 15.4 Å². The Kier molecular flexibility index (Phi) is 4.59. The maximum absolute atomic E-state index is 13.9. The lowest BCUT2D eigenvalue weighted by Crippen LogP contribution is -2.19. The molecule has 5 nitrogen and oxygen atoms in total. The van der Waals surface area contributed by atoms with E-state index in [1.807, 2.05) is 26.0 Å².